The second-order valence-corrected chi connectivity index (χ2v) is 4.53. The van der Waals surface area contributed by atoms with Crippen LogP contribution >= 0.6 is 15.9 Å². The highest BCUT2D eigenvalue weighted by molar-refractivity contribution is 9.09. The Kier molecular flexibility index (Phi) is 2.74. The number of benzene rings is 1. The molecule has 0 aliphatic carbocycles. The van der Waals surface area contributed by atoms with E-state index in [9.17, 15) is 13.2 Å². The highest BCUT2D eigenvalue weighted by atomic mass is 79.9. The van der Waals surface area contributed by atoms with Crippen molar-refractivity contribution in [3.63, 3.8) is 0 Å². The van der Waals surface area contributed by atoms with Gasteiger partial charge in [-0.15, -0.1) is 0 Å². The van der Waals surface area contributed by atoms with Crippen molar-refractivity contribution in [1.82, 2.24) is 4.90 Å². The lowest BCUT2D eigenvalue weighted by Gasteiger charge is -2.27. The summed E-state index contributed by atoms with van der Waals surface area (Å²) in [5, 5.41) is 0. The van der Waals surface area contributed by atoms with Gasteiger partial charge in [-0.25, -0.2) is 0 Å². The second kappa shape index (κ2) is 3.80. The summed E-state index contributed by atoms with van der Waals surface area (Å²) in [5.41, 5.74) is 0.841. The van der Waals surface area contributed by atoms with Crippen molar-refractivity contribution in [3.8, 4) is 0 Å². The smallest absolute Gasteiger partial charge is 0.364 e. The van der Waals surface area contributed by atoms with Crippen LogP contribution in [-0.2, 0) is 6.18 Å². The van der Waals surface area contributed by atoms with Crippen molar-refractivity contribution >= 4 is 22.0 Å². The first kappa shape index (κ1) is 11.5. The lowest BCUT2D eigenvalue weighted by Crippen LogP contribution is -2.18. The van der Waals surface area contributed by atoms with Crippen LogP contribution in [0.4, 0.5) is 13.2 Å². The summed E-state index contributed by atoms with van der Waals surface area (Å²) in [6.07, 6.45) is -0.849. The molecule has 86 valence electrons. The average molecular weight is 292 g/mol. The van der Waals surface area contributed by atoms with Gasteiger partial charge in [-0.05, 0) is 29.3 Å². The van der Waals surface area contributed by atoms with E-state index in [0.717, 1.165) is 11.6 Å². The van der Waals surface area contributed by atoms with E-state index in [4.69, 9.17) is 0 Å². The number of fused-ring (bicyclic) bond motifs is 1. The van der Waals surface area contributed by atoms with Crippen LogP contribution in [0.1, 0.15) is 21.6 Å². The fourth-order valence-electron chi connectivity index (χ4n) is 1.61. The van der Waals surface area contributed by atoms with E-state index in [2.05, 4.69) is 15.9 Å². The lowest BCUT2D eigenvalue weighted by molar-refractivity contribution is -0.137. The summed E-state index contributed by atoms with van der Waals surface area (Å²) in [7, 11) is 1.86. The second-order valence-electron chi connectivity index (χ2n) is 3.66. The van der Waals surface area contributed by atoms with Crippen LogP contribution in [0, 0.1) is 0 Å². The van der Waals surface area contributed by atoms with Crippen LogP contribution in [0.5, 0.6) is 0 Å². The van der Waals surface area contributed by atoms with Gasteiger partial charge in [-0.3, -0.25) is 0 Å². The van der Waals surface area contributed by atoms with Gasteiger partial charge in [-0.1, -0.05) is 22.0 Å². The zero-order chi connectivity index (χ0) is 11.9. The van der Waals surface area contributed by atoms with Gasteiger partial charge in [0.15, 0.2) is 0 Å². The minimum Gasteiger partial charge on any atom is -0.364 e. The van der Waals surface area contributed by atoms with Gasteiger partial charge >= 0.3 is 6.18 Å². The van der Waals surface area contributed by atoms with E-state index in [-0.39, 0.29) is 4.95 Å². The standard InChI is InChI=1S/C11H9BrF3N/c1-16-5-4-7-6-8(11(13,14)15)2-3-9(7)10(16)12/h2-6,10H,1H3. The Hall–Kier alpha value is -0.970. The molecule has 0 bridgehead atoms. The molecule has 1 atom stereocenters. The van der Waals surface area contributed by atoms with E-state index in [0.29, 0.717) is 5.56 Å². The predicted molar refractivity (Wildman–Crippen MR) is 59.9 cm³/mol. The predicted octanol–water partition coefficient (Wildman–Crippen LogP) is 4.02. The maximum Gasteiger partial charge on any atom is 0.416 e. The van der Waals surface area contributed by atoms with E-state index in [1.165, 1.54) is 12.1 Å². The van der Waals surface area contributed by atoms with Crippen molar-refractivity contribution in [2.24, 2.45) is 0 Å². The molecule has 1 aromatic carbocycles. The maximum absolute atomic E-state index is 12.5. The molecule has 1 aromatic rings. The Morgan fingerprint density at radius 1 is 1.31 bits per heavy atom. The summed E-state index contributed by atoms with van der Waals surface area (Å²) >= 11 is 3.42. The molecule has 5 heteroatoms. The van der Waals surface area contributed by atoms with Crippen LogP contribution in [0.2, 0.25) is 0 Å². The number of hydrogen-bond donors (Lipinski definition) is 0. The topological polar surface area (TPSA) is 3.24 Å². The Balaban J connectivity index is 2.48. The monoisotopic (exact) mass is 291 g/mol. The average Bonchev–Trinajstić information content (AvgIpc) is 2.22. The van der Waals surface area contributed by atoms with Crippen molar-refractivity contribution in [3.05, 3.63) is 41.1 Å². The molecule has 0 amide bonds. The van der Waals surface area contributed by atoms with E-state index >= 15 is 0 Å². The van der Waals surface area contributed by atoms with E-state index < -0.39 is 11.7 Å². The normalized spacial score (nSPS) is 19.8. The lowest BCUT2D eigenvalue weighted by atomic mass is 10.0. The van der Waals surface area contributed by atoms with E-state index in [1.807, 2.05) is 11.9 Å². The van der Waals surface area contributed by atoms with Gasteiger partial charge in [0.25, 0.3) is 0 Å². The SMILES string of the molecule is CN1C=Cc2cc(C(F)(F)F)ccc2C1Br. The highest BCUT2D eigenvalue weighted by Gasteiger charge is 2.31. The van der Waals surface area contributed by atoms with Crippen molar-refractivity contribution in [2.75, 3.05) is 7.05 Å². The first-order valence-electron chi connectivity index (χ1n) is 4.65. The van der Waals surface area contributed by atoms with Crippen molar-refractivity contribution in [2.45, 2.75) is 11.1 Å². The van der Waals surface area contributed by atoms with Crippen LogP contribution < -0.4 is 0 Å². The molecule has 0 N–H and O–H groups in total. The molecule has 0 spiro atoms. The maximum atomic E-state index is 12.5. The fraction of sp³-hybridized carbons (Fsp3) is 0.273. The van der Waals surface area contributed by atoms with Gasteiger partial charge in [-0.2, -0.15) is 13.2 Å². The molecule has 2 rings (SSSR count). The molecule has 0 fully saturated rings. The van der Waals surface area contributed by atoms with Gasteiger partial charge in [0, 0.05) is 13.2 Å². The minimum absolute atomic E-state index is 0.0743. The van der Waals surface area contributed by atoms with Gasteiger partial charge in [0.05, 0.1) is 5.56 Å². The first-order chi connectivity index (χ1) is 7.39. The molecule has 1 aliphatic heterocycles. The quantitative estimate of drug-likeness (QED) is 0.516. The third kappa shape index (κ3) is 1.96. The van der Waals surface area contributed by atoms with Gasteiger partial charge in [0.1, 0.15) is 4.95 Å². The summed E-state index contributed by atoms with van der Waals surface area (Å²) in [6, 6.07) is 3.80. The number of halogens is 4. The zero-order valence-electron chi connectivity index (χ0n) is 8.42. The summed E-state index contributed by atoms with van der Waals surface area (Å²) in [4.78, 5) is 1.81. The molecular formula is C11H9BrF3N. The van der Waals surface area contributed by atoms with Crippen LogP contribution in [0.25, 0.3) is 6.08 Å². The number of nitrogens with zero attached hydrogens (tertiary/aromatic N) is 1. The highest BCUT2D eigenvalue weighted by Crippen LogP contribution is 2.37. The molecule has 0 saturated carbocycles. The number of rotatable bonds is 0. The van der Waals surface area contributed by atoms with Gasteiger partial charge < -0.3 is 4.90 Å². The first-order valence-corrected chi connectivity index (χ1v) is 5.56. The third-order valence-electron chi connectivity index (χ3n) is 2.52. The molecule has 16 heavy (non-hydrogen) atoms. The molecule has 0 radical (unpaired) electrons. The van der Waals surface area contributed by atoms with Crippen LogP contribution in [0.3, 0.4) is 0 Å². The molecule has 1 aliphatic rings. The summed E-state index contributed by atoms with van der Waals surface area (Å²) < 4.78 is 37.5. The zero-order valence-corrected chi connectivity index (χ0v) is 10.0. The number of hydrogen-bond acceptors (Lipinski definition) is 1. The molecule has 0 aromatic heterocycles. The van der Waals surface area contributed by atoms with Crippen LogP contribution in [0.15, 0.2) is 24.4 Å². The van der Waals surface area contributed by atoms with Crippen LogP contribution in [-0.4, -0.2) is 11.9 Å². The van der Waals surface area contributed by atoms with Crippen molar-refractivity contribution in [1.29, 1.82) is 0 Å². The Morgan fingerprint density at radius 2 is 2.00 bits per heavy atom. The van der Waals surface area contributed by atoms with Crippen molar-refractivity contribution < 1.29 is 13.2 Å². The summed E-state index contributed by atoms with van der Waals surface area (Å²) in [5.74, 6) is 0. The Morgan fingerprint density at radius 3 is 2.62 bits per heavy atom. The van der Waals surface area contributed by atoms with Gasteiger partial charge in [0.2, 0.25) is 0 Å². The fourth-order valence-corrected chi connectivity index (χ4v) is 2.16. The molecular weight excluding hydrogens is 283 g/mol. The molecule has 1 nitrogen and oxygen atoms in total. The molecule has 0 saturated heterocycles. The number of alkyl halides is 4. The third-order valence-corrected chi connectivity index (χ3v) is 3.66. The minimum atomic E-state index is -4.28. The Labute approximate surface area is 99.7 Å². The molecule has 1 heterocycles. The van der Waals surface area contributed by atoms with E-state index in [1.54, 1.807) is 12.3 Å². The summed E-state index contributed by atoms with van der Waals surface area (Å²) in [6.45, 7) is 0. The molecule has 1 unspecified atom stereocenters. The largest absolute Gasteiger partial charge is 0.416 e. The Bertz CT molecular complexity index is 439.